The lowest BCUT2D eigenvalue weighted by Crippen LogP contribution is -2.24. The Labute approximate surface area is 99.1 Å². The number of carboxylic acid groups (broad SMARTS) is 1. The molecule has 0 aliphatic carbocycles. The van der Waals surface area contributed by atoms with E-state index in [-0.39, 0.29) is 0 Å². The second-order valence-electron chi connectivity index (χ2n) is 4.18. The third-order valence-corrected chi connectivity index (χ3v) is 3.67. The monoisotopic (exact) mass is 240 g/mol. The van der Waals surface area contributed by atoms with E-state index >= 15 is 0 Å². The number of carboxylic acids is 1. The first-order valence-electron chi connectivity index (χ1n) is 5.67. The van der Waals surface area contributed by atoms with Crippen LogP contribution in [0.1, 0.15) is 41.0 Å². The zero-order valence-electron chi connectivity index (χ0n) is 9.19. The van der Waals surface area contributed by atoms with Crippen LogP contribution in [0.25, 0.3) is 0 Å². The lowest BCUT2D eigenvalue weighted by atomic mass is 10.2. The normalized spacial score (nSPS) is 18.2. The molecule has 1 aromatic heterocycles. The van der Waals surface area contributed by atoms with E-state index < -0.39 is 5.97 Å². The number of hydrogen-bond acceptors (Lipinski definition) is 4. The van der Waals surface area contributed by atoms with Gasteiger partial charge in [0.25, 0.3) is 0 Å². The molecule has 1 fully saturated rings. The van der Waals surface area contributed by atoms with Crippen molar-refractivity contribution in [3.63, 3.8) is 0 Å². The molecule has 88 valence electrons. The molecule has 0 spiro atoms. The van der Waals surface area contributed by atoms with Crippen LogP contribution in [0.5, 0.6) is 0 Å². The van der Waals surface area contributed by atoms with Gasteiger partial charge >= 0.3 is 5.97 Å². The maximum absolute atomic E-state index is 10.7. The van der Waals surface area contributed by atoms with Crippen molar-refractivity contribution >= 4 is 17.5 Å². The Kier molecular flexibility index (Phi) is 3.90. The van der Waals surface area contributed by atoms with Crippen molar-refractivity contribution in [2.24, 2.45) is 0 Å². The molecule has 1 aromatic rings. The van der Waals surface area contributed by atoms with Gasteiger partial charge in [-0.05, 0) is 43.5 Å². The van der Waals surface area contributed by atoms with E-state index in [1.54, 1.807) is 6.07 Å². The van der Waals surface area contributed by atoms with Gasteiger partial charge in [0.15, 0.2) is 0 Å². The highest BCUT2D eigenvalue weighted by Gasteiger charge is 2.13. The van der Waals surface area contributed by atoms with E-state index in [4.69, 9.17) is 5.11 Å². The highest BCUT2D eigenvalue weighted by Crippen LogP contribution is 2.15. The highest BCUT2D eigenvalue weighted by atomic mass is 32.1. The molecule has 2 heterocycles. The van der Waals surface area contributed by atoms with Gasteiger partial charge in [-0.1, -0.05) is 12.8 Å². The molecule has 5 heteroatoms. The van der Waals surface area contributed by atoms with Crippen molar-refractivity contribution < 1.29 is 9.90 Å². The molecule has 1 saturated heterocycles. The van der Waals surface area contributed by atoms with E-state index in [1.807, 2.05) is 0 Å². The molecule has 1 aliphatic rings. The molecule has 0 unspecified atom stereocenters. The topological polar surface area (TPSA) is 53.4 Å². The average molecular weight is 240 g/mol. The van der Waals surface area contributed by atoms with Crippen LogP contribution in [0, 0.1) is 0 Å². The standard InChI is InChI=1S/C11H16N2O2S/c14-11(15)10-7-9(12-16-10)8-13-5-3-1-2-4-6-13/h7H,1-6,8H2,(H,14,15). The molecule has 1 N–H and O–H groups in total. The minimum absolute atomic E-state index is 0.338. The molecule has 1 aliphatic heterocycles. The van der Waals surface area contributed by atoms with Gasteiger partial charge in [0.1, 0.15) is 4.88 Å². The van der Waals surface area contributed by atoms with E-state index in [0.29, 0.717) is 4.88 Å². The number of nitrogens with zero attached hydrogens (tertiary/aromatic N) is 2. The molecule has 0 bridgehead atoms. The fourth-order valence-electron chi connectivity index (χ4n) is 2.01. The van der Waals surface area contributed by atoms with Gasteiger partial charge in [-0.25, -0.2) is 4.79 Å². The van der Waals surface area contributed by atoms with Crippen LogP contribution in [0.4, 0.5) is 0 Å². The maximum Gasteiger partial charge on any atom is 0.347 e. The van der Waals surface area contributed by atoms with Crippen LogP contribution < -0.4 is 0 Å². The maximum atomic E-state index is 10.7. The summed E-state index contributed by atoms with van der Waals surface area (Å²) in [6, 6.07) is 1.69. The molecule has 2 rings (SSSR count). The first-order valence-corrected chi connectivity index (χ1v) is 6.44. The lowest BCUT2D eigenvalue weighted by molar-refractivity contribution is 0.0702. The van der Waals surface area contributed by atoms with Gasteiger partial charge in [-0.2, -0.15) is 4.37 Å². The van der Waals surface area contributed by atoms with Crippen molar-refractivity contribution in [2.75, 3.05) is 13.1 Å². The van der Waals surface area contributed by atoms with Crippen molar-refractivity contribution in [2.45, 2.75) is 32.2 Å². The summed E-state index contributed by atoms with van der Waals surface area (Å²) in [7, 11) is 0. The summed E-state index contributed by atoms with van der Waals surface area (Å²) >= 11 is 1.08. The van der Waals surface area contributed by atoms with Gasteiger partial charge < -0.3 is 5.11 Å². The Hall–Kier alpha value is -0.940. The Morgan fingerprint density at radius 2 is 2.06 bits per heavy atom. The molecule has 16 heavy (non-hydrogen) atoms. The van der Waals surface area contributed by atoms with Crippen LogP contribution in [0.15, 0.2) is 6.07 Å². The van der Waals surface area contributed by atoms with Crippen LogP contribution in [-0.4, -0.2) is 33.4 Å². The van der Waals surface area contributed by atoms with E-state index in [9.17, 15) is 4.79 Å². The SMILES string of the molecule is O=C(O)c1cc(CN2CCCCCC2)ns1. The average Bonchev–Trinajstić information content (AvgIpc) is 2.56. The van der Waals surface area contributed by atoms with E-state index in [0.717, 1.165) is 36.9 Å². The molecular weight excluding hydrogens is 224 g/mol. The molecule has 0 amide bonds. The summed E-state index contributed by atoms with van der Waals surface area (Å²) in [6.45, 7) is 3.02. The summed E-state index contributed by atoms with van der Waals surface area (Å²) in [6.07, 6.45) is 5.12. The first-order chi connectivity index (χ1) is 7.75. The quantitative estimate of drug-likeness (QED) is 0.880. The van der Waals surface area contributed by atoms with Crippen LogP contribution >= 0.6 is 11.5 Å². The molecule has 4 nitrogen and oxygen atoms in total. The minimum atomic E-state index is -0.875. The van der Waals surface area contributed by atoms with Gasteiger partial charge in [0, 0.05) is 6.54 Å². The van der Waals surface area contributed by atoms with Crippen LogP contribution in [0.2, 0.25) is 0 Å². The zero-order chi connectivity index (χ0) is 11.4. The van der Waals surface area contributed by atoms with Gasteiger partial charge in [0.05, 0.1) is 5.69 Å². The predicted molar refractivity (Wildman–Crippen MR) is 62.8 cm³/mol. The molecule has 0 atom stereocenters. The molecule has 0 aromatic carbocycles. The van der Waals surface area contributed by atoms with Gasteiger partial charge in [-0.3, -0.25) is 4.90 Å². The Morgan fingerprint density at radius 1 is 1.38 bits per heavy atom. The van der Waals surface area contributed by atoms with E-state index in [2.05, 4.69) is 9.27 Å². The molecule has 0 saturated carbocycles. The predicted octanol–water partition coefficient (Wildman–Crippen LogP) is 2.22. The third-order valence-electron chi connectivity index (χ3n) is 2.85. The fraction of sp³-hybridized carbons (Fsp3) is 0.636. The first kappa shape index (κ1) is 11.5. The van der Waals surface area contributed by atoms with Crippen molar-refractivity contribution in [1.82, 2.24) is 9.27 Å². The Balaban J connectivity index is 1.94. The number of rotatable bonds is 3. The van der Waals surface area contributed by atoms with Crippen LogP contribution in [0.3, 0.4) is 0 Å². The third kappa shape index (κ3) is 3.02. The summed E-state index contributed by atoms with van der Waals surface area (Å²) in [5.41, 5.74) is 0.893. The van der Waals surface area contributed by atoms with Crippen molar-refractivity contribution in [1.29, 1.82) is 0 Å². The van der Waals surface area contributed by atoms with Crippen molar-refractivity contribution in [3.8, 4) is 0 Å². The smallest absolute Gasteiger partial charge is 0.347 e. The number of aromatic carboxylic acids is 1. The van der Waals surface area contributed by atoms with Crippen LogP contribution in [-0.2, 0) is 6.54 Å². The Morgan fingerprint density at radius 3 is 2.62 bits per heavy atom. The number of hydrogen-bond donors (Lipinski definition) is 1. The fourth-order valence-corrected chi connectivity index (χ4v) is 2.60. The number of aromatic nitrogens is 1. The number of carbonyl (C=O) groups is 1. The second kappa shape index (κ2) is 5.41. The highest BCUT2D eigenvalue weighted by molar-refractivity contribution is 7.08. The van der Waals surface area contributed by atoms with Crippen molar-refractivity contribution in [3.05, 3.63) is 16.6 Å². The zero-order valence-corrected chi connectivity index (χ0v) is 10.0. The van der Waals surface area contributed by atoms with Gasteiger partial charge in [0.2, 0.25) is 0 Å². The molecular formula is C11H16N2O2S. The minimum Gasteiger partial charge on any atom is -0.477 e. The van der Waals surface area contributed by atoms with E-state index in [1.165, 1.54) is 25.7 Å². The Bertz CT molecular complexity index is 357. The largest absolute Gasteiger partial charge is 0.477 e. The number of likely N-dealkylation sites (tertiary alicyclic amines) is 1. The second-order valence-corrected chi connectivity index (χ2v) is 4.98. The summed E-state index contributed by atoms with van der Waals surface area (Å²) in [4.78, 5) is 13.4. The molecule has 0 radical (unpaired) electrons. The lowest BCUT2D eigenvalue weighted by Gasteiger charge is -2.17. The summed E-state index contributed by atoms with van der Waals surface area (Å²) in [5, 5.41) is 8.81. The summed E-state index contributed by atoms with van der Waals surface area (Å²) in [5.74, 6) is -0.875. The summed E-state index contributed by atoms with van der Waals surface area (Å²) < 4.78 is 4.18. The van der Waals surface area contributed by atoms with Gasteiger partial charge in [-0.15, -0.1) is 0 Å².